The summed E-state index contributed by atoms with van der Waals surface area (Å²) in [4.78, 5) is 0. The van der Waals surface area contributed by atoms with E-state index in [2.05, 4.69) is 52.3 Å². The van der Waals surface area contributed by atoms with Gasteiger partial charge in [-0.05, 0) is 80.8 Å². The first-order valence-electron chi connectivity index (χ1n) is 9.59. The first-order valence-corrected chi connectivity index (χ1v) is 9.59. The van der Waals surface area contributed by atoms with E-state index in [0.717, 1.165) is 11.8 Å². The standard InChI is InChI=1S/C22H26N2/c1-2-6-21-19(5-1)20-13-17(12-18-4-3-11-23-14-18)9-10-22(20)24(21)15-16-7-8-16/h1-2,5-6,9-10,13,16,18,23H,3-4,7-8,11-12,14-15H2. The van der Waals surface area contributed by atoms with Gasteiger partial charge in [-0.3, -0.25) is 0 Å². The van der Waals surface area contributed by atoms with Crippen molar-refractivity contribution in [2.75, 3.05) is 13.1 Å². The molecule has 0 amide bonds. The van der Waals surface area contributed by atoms with E-state index in [1.165, 1.54) is 79.1 Å². The van der Waals surface area contributed by atoms with Gasteiger partial charge in [-0.15, -0.1) is 0 Å². The molecule has 1 aliphatic heterocycles. The second kappa shape index (κ2) is 5.93. The summed E-state index contributed by atoms with van der Waals surface area (Å²) in [6.45, 7) is 3.57. The Hall–Kier alpha value is -1.80. The number of hydrogen-bond acceptors (Lipinski definition) is 1. The summed E-state index contributed by atoms with van der Waals surface area (Å²) in [6, 6.07) is 16.2. The third kappa shape index (κ3) is 2.63. The van der Waals surface area contributed by atoms with Crippen molar-refractivity contribution >= 4 is 21.8 Å². The lowest BCUT2D eigenvalue weighted by atomic mass is 9.92. The topological polar surface area (TPSA) is 17.0 Å². The average Bonchev–Trinajstić information content (AvgIpc) is 3.40. The summed E-state index contributed by atoms with van der Waals surface area (Å²) in [7, 11) is 0. The van der Waals surface area contributed by atoms with Crippen molar-refractivity contribution in [2.24, 2.45) is 11.8 Å². The van der Waals surface area contributed by atoms with E-state index in [1.807, 2.05) is 0 Å². The highest BCUT2D eigenvalue weighted by molar-refractivity contribution is 6.08. The van der Waals surface area contributed by atoms with Gasteiger partial charge < -0.3 is 9.88 Å². The van der Waals surface area contributed by atoms with E-state index in [1.54, 1.807) is 0 Å². The molecule has 2 heteroatoms. The Labute approximate surface area is 143 Å². The van der Waals surface area contributed by atoms with Crippen molar-refractivity contribution in [1.29, 1.82) is 0 Å². The molecular weight excluding hydrogens is 292 g/mol. The lowest BCUT2D eigenvalue weighted by molar-refractivity contribution is 0.376. The summed E-state index contributed by atoms with van der Waals surface area (Å²) < 4.78 is 2.56. The smallest absolute Gasteiger partial charge is 0.0491 e. The molecule has 0 bridgehead atoms. The number of fused-ring (bicyclic) bond motifs is 3. The molecule has 1 saturated heterocycles. The molecule has 0 spiro atoms. The van der Waals surface area contributed by atoms with Crippen LogP contribution in [-0.4, -0.2) is 17.7 Å². The molecule has 24 heavy (non-hydrogen) atoms. The summed E-state index contributed by atoms with van der Waals surface area (Å²) >= 11 is 0. The zero-order valence-electron chi connectivity index (χ0n) is 14.3. The summed E-state index contributed by atoms with van der Waals surface area (Å²) in [5.41, 5.74) is 4.34. The first kappa shape index (κ1) is 14.5. The van der Waals surface area contributed by atoms with E-state index in [0.29, 0.717) is 0 Å². The summed E-state index contributed by atoms with van der Waals surface area (Å²) in [5.74, 6) is 1.70. The number of piperidine rings is 1. The van der Waals surface area contributed by atoms with Crippen molar-refractivity contribution < 1.29 is 0 Å². The second-order valence-corrected chi connectivity index (χ2v) is 7.84. The Morgan fingerprint density at radius 2 is 1.79 bits per heavy atom. The van der Waals surface area contributed by atoms with Crippen molar-refractivity contribution in [2.45, 2.75) is 38.6 Å². The van der Waals surface area contributed by atoms with Crippen molar-refractivity contribution in [3.05, 3.63) is 48.0 Å². The minimum absolute atomic E-state index is 0.802. The number of benzene rings is 2. The Morgan fingerprint density at radius 1 is 0.917 bits per heavy atom. The first-order chi connectivity index (χ1) is 11.9. The zero-order valence-corrected chi connectivity index (χ0v) is 14.3. The van der Waals surface area contributed by atoms with E-state index < -0.39 is 0 Å². The van der Waals surface area contributed by atoms with Gasteiger partial charge in [0.2, 0.25) is 0 Å². The van der Waals surface area contributed by atoms with Crippen LogP contribution in [0.2, 0.25) is 0 Å². The van der Waals surface area contributed by atoms with Gasteiger partial charge in [0.1, 0.15) is 0 Å². The molecule has 2 fully saturated rings. The van der Waals surface area contributed by atoms with Gasteiger partial charge in [-0.2, -0.15) is 0 Å². The number of nitrogens with zero attached hydrogens (tertiary/aromatic N) is 1. The molecule has 124 valence electrons. The van der Waals surface area contributed by atoms with Crippen LogP contribution in [0.25, 0.3) is 21.8 Å². The molecule has 5 rings (SSSR count). The minimum atomic E-state index is 0.802. The molecule has 2 aromatic carbocycles. The molecule has 2 aliphatic rings. The van der Waals surface area contributed by atoms with Crippen molar-refractivity contribution in [1.82, 2.24) is 9.88 Å². The van der Waals surface area contributed by atoms with E-state index in [-0.39, 0.29) is 0 Å². The van der Waals surface area contributed by atoms with Gasteiger partial charge in [0, 0.05) is 28.4 Å². The second-order valence-electron chi connectivity index (χ2n) is 7.84. The number of aromatic nitrogens is 1. The largest absolute Gasteiger partial charge is 0.340 e. The lowest BCUT2D eigenvalue weighted by Crippen LogP contribution is -2.30. The van der Waals surface area contributed by atoms with Crippen LogP contribution in [0.5, 0.6) is 0 Å². The molecule has 1 N–H and O–H groups in total. The number of nitrogens with one attached hydrogen (secondary N) is 1. The van der Waals surface area contributed by atoms with Crippen LogP contribution in [0, 0.1) is 11.8 Å². The molecule has 1 saturated carbocycles. The maximum Gasteiger partial charge on any atom is 0.0491 e. The maximum absolute atomic E-state index is 3.55. The van der Waals surface area contributed by atoms with Gasteiger partial charge in [-0.1, -0.05) is 24.3 Å². The van der Waals surface area contributed by atoms with Crippen LogP contribution in [0.15, 0.2) is 42.5 Å². The van der Waals surface area contributed by atoms with Crippen LogP contribution in [0.1, 0.15) is 31.2 Å². The van der Waals surface area contributed by atoms with Gasteiger partial charge in [0.05, 0.1) is 0 Å². The van der Waals surface area contributed by atoms with Crippen molar-refractivity contribution in [3.63, 3.8) is 0 Å². The minimum Gasteiger partial charge on any atom is -0.340 e. The van der Waals surface area contributed by atoms with Gasteiger partial charge in [0.15, 0.2) is 0 Å². The van der Waals surface area contributed by atoms with E-state index >= 15 is 0 Å². The highest BCUT2D eigenvalue weighted by Crippen LogP contribution is 2.36. The van der Waals surface area contributed by atoms with Crippen LogP contribution in [0.4, 0.5) is 0 Å². The van der Waals surface area contributed by atoms with Gasteiger partial charge in [-0.25, -0.2) is 0 Å². The van der Waals surface area contributed by atoms with Crippen LogP contribution < -0.4 is 5.32 Å². The van der Waals surface area contributed by atoms with Crippen LogP contribution >= 0.6 is 0 Å². The molecule has 1 aliphatic carbocycles. The third-order valence-electron chi connectivity index (χ3n) is 5.90. The molecule has 1 unspecified atom stereocenters. The fourth-order valence-electron chi connectivity index (χ4n) is 4.41. The highest BCUT2D eigenvalue weighted by atomic mass is 15.0. The predicted octanol–water partition coefficient (Wildman–Crippen LogP) is 4.75. The number of hydrogen-bond donors (Lipinski definition) is 1. The average molecular weight is 318 g/mol. The quantitative estimate of drug-likeness (QED) is 0.735. The van der Waals surface area contributed by atoms with Crippen LogP contribution in [0.3, 0.4) is 0 Å². The normalized spacial score (nSPS) is 21.6. The molecule has 2 heterocycles. The number of para-hydroxylation sites is 1. The van der Waals surface area contributed by atoms with Crippen molar-refractivity contribution in [3.8, 4) is 0 Å². The molecule has 3 aromatic rings. The summed E-state index contributed by atoms with van der Waals surface area (Å²) in [5, 5.41) is 6.43. The van der Waals surface area contributed by atoms with E-state index in [9.17, 15) is 0 Å². The molecule has 1 atom stereocenters. The molecular formula is C22H26N2. The zero-order chi connectivity index (χ0) is 15.9. The molecule has 1 aromatic heterocycles. The van der Waals surface area contributed by atoms with Gasteiger partial charge in [0.25, 0.3) is 0 Å². The Morgan fingerprint density at radius 3 is 2.62 bits per heavy atom. The lowest BCUT2D eigenvalue weighted by Gasteiger charge is -2.22. The summed E-state index contributed by atoms with van der Waals surface area (Å²) in [6.07, 6.45) is 6.72. The molecule has 0 radical (unpaired) electrons. The highest BCUT2D eigenvalue weighted by Gasteiger charge is 2.24. The Bertz CT molecular complexity index is 866. The van der Waals surface area contributed by atoms with Gasteiger partial charge >= 0.3 is 0 Å². The number of rotatable bonds is 4. The Balaban J connectivity index is 1.56. The Kier molecular flexibility index (Phi) is 3.59. The monoisotopic (exact) mass is 318 g/mol. The SMILES string of the molecule is c1ccc2c(c1)c1cc(CC3CCCNC3)ccc1n2CC1CC1. The maximum atomic E-state index is 3.55. The third-order valence-corrected chi connectivity index (χ3v) is 5.90. The van der Waals surface area contributed by atoms with E-state index in [4.69, 9.17) is 0 Å². The predicted molar refractivity (Wildman–Crippen MR) is 101 cm³/mol. The molecule has 2 nitrogen and oxygen atoms in total. The van der Waals surface area contributed by atoms with Crippen LogP contribution in [-0.2, 0) is 13.0 Å². The fraction of sp³-hybridized carbons (Fsp3) is 0.455. The fourth-order valence-corrected chi connectivity index (χ4v) is 4.41.